The fourth-order valence-electron chi connectivity index (χ4n) is 2.39. The number of hydrogen-bond acceptors (Lipinski definition) is 3. The van der Waals surface area contributed by atoms with Crippen LogP contribution < -0.4 is 9.86 Å². The van der Waals surface area contributed by atoms with Crippen molar-refractivity contribution in [3.8, 4) is 0 Å². The molecule has 1 saturated heterocycles. The maximum atomic E-state index is 12.4. The van der Waals surface area contributed by atoms with Gasteiger partial charge in [-0.15, -0.1) is 0 Å². The molecular formula is C14H29N3O3S. The largest absolute Gasteiger partial charge is 0.342 e. The molecule has 0 aromatic heterocycles. The van der Waals surface area contributed by atoms with E-state index in [0.29, 0.717) is 25.4 Å². The van der Waals surface area contributed by atoms with Gasteiger partial charge in [-0.2, -0.15) is 8.42 Å². The van der Waals surface area contributed by atoms with Crippen LogP contribution >= 0.6 is 0 Å². The van der Waals surface area contributed by atoms with Gasteiger partial charge in [0.25, 0.3) is 10.2 Å². The van der Waals surface area contributed by atoms with Crippen molar-refractivity contribution in [2.45, 2.75) is 47.0 Å². The molecule has 1 heterocycles. The van der Waals surface area contributed by atoms with Crippen molar-refractivity contribution in [3.05, 3.63) is 0 Å². The molecule has 0 bridgehead atoms. The Morgan fingerprint density at radius 2 is 2.05 bits per heavy atom. The lowest BCUT2D eigenvalue weighted by atomic mass is 9.80. The Bertz CT molecular complexity index is 457. The minimum Gasteiger partial charge on any atom is -0.342 e. The van der Waals surface area contributed by atoms with Crippen molar-refractivity contribution in [1.82, 2.24) is 9.62 Å². The van der Waals surface area contributed by atoms with Crippen LogP contribution in [0.1, 0.15) is 47.0 Å². The summed E-state index contributed by atoms with van der Waals surface area (Å²) < 4.78 is 24.2. The molecule has 0 aliphatic carbocycles. The number of nitrogens with zero attached hydrogens (tertiary/aromatic N) is 1. The van der Waals surface area contributed by atoms with E-state index in [2.05, 4.69) is 32.4 Å². The zero-order valence-electron chi connectivity index (χ0n) is 13.6. The number of nitrogens with two attached hydrogens (primary N) is 1. The summed E-state index contributed by atoms with van der Waals surface area (Å²) in [6.45, 7) is 10.2. The maximum Gasteiger partial charge on any atom is 0.274 e. The highest BCUT2D eigenvalue weighted by Crippen LogP contribution is 2.29. The van der Waals surface area contributed by atoms with Crippen LogP contribution in [0.25, 0.3) is 0 Å². The molecule has 124 valence electrons. The van der Waals surface area contributed by atoms with E-state index in [9.17, 15) is 13.2 Å². The number of likely N-dealkylation sites (tertiary alicyclic amines) is 1. The van der Waals surface area contributed by atoms with Crippen LogP contribution in [0.4, 0.5) is 0 Å². The first-order valence-electron chi connectivity index (χ1n) is 7.54. The molecule has 0 spiro atoms. The predicted molar refractivity (Wildman–Crippen MR) is 83.6 cm³/mol. The van der Waals surface area contributed by atoms with E-state index < -0.39 is 10.2 Å². The predicted octanol–water partition coefficient (Wildman–Crippen LogP) is 1.09. The number of rotatable bonds is 5. The quantitative estimate of drug-likeness (QED) is 0.794. The van der Waals surface area contributed by atoms with E-state index in [1.54, 1.807) is 0 Å². The summed E-state index contributed by atoms with van der Waals surface area (Å²) in [5.41, 5.74) is 0.111. The van der Waals surface area contributed by atoms with Gasteiger partial charge < -0.3 is 4.90 Å². The second kappa shape index (κ2) is 7.07. The van der Waals surface area contributed by atoms with E-state index in [-0.39, 0.29) is 17.2 Å². The minimum atomic E-state index is -3.65. The number of piperidine rings is 1. The molecule has 0 aromatic rings. The zero-order chi connectivity index (χ0) is 16.3. The monoisotopic (exact) mass is 319 g/mol. The first-order chi connectivity index (χ1) is 9.49. The van der Waals surface area contributed by atoms with Gasteiger partial charge in [0.1, 0.15) is 0 Å². The molecular weight excluding hydrogens is 290 g/mol. The van der Waals surface area contributed by atoms with Crippen LogP contribution in [0.5, 0.6) is 0 Å². The highest BCUT2D eigenvalue weighted by Gasteiger charge is 2.28. The molecule has 1 amide bonds. The number of nitrogens with one attached hydrogen (secondary N) is 1. The Labute approximate surface area is 128 Å². The van der Waals surface area contributed by atoms with Gasteiger partial charge in [-0.3, -0.25) is 4.79 Å². The van der Waals surface area contributed by atoms with Gasteiger partial charge in [-0.25, -0.2) is 9.86 Å². The van der Waals surface area contributed by atoms with Crippen LogP contribution in [-0.2, 0) is 15.0 Å². The normalized spacial score (nSPS) is 22.1. The smallest absolute Gasteiger partial charge is 0.274 e. The van der Waals surface area contributed by atoms with Crippen LogP contribution in [0.15, 0.2) is 0 Å². The third-order valence-corrected chi connectivity index (χ3v) is 4.97. The molecule has 7 heteroatoms. The molecule has 1 rings (SSSR count). The Kier molecular flexibility index (Phi) is 6.19. The van der Waals surface area contributed by atoms with E-state index in [1.807, 2.05) is 4.90 Å². The third-order valence-electron chi connectivity index (χ3n) is 4.40. The Morgan fingerprint density at radius 1 is 1.43 bits per heavy atom. The molecule has 1 fully saturated rings. The summed E-state index contributed by atoms with van der Waals surface area (Å²) in [4.78, 5) is 14.2. The molecule has 2 unspecified atom stereocenters. The van der Waals surface area contributed by atoms with Crippen LogP contribution in [0, 0.1) is 17.3 Å². The Morgan fingerprint density at radius 3 is 2.57 bits per heavy atom. The topological polar surface area (TPSA) is 92.5 Å². The summed E-state index contributed by atoms with van der Waals surface area (Å²) in [5, 5.41) is 4.94. The third kappa shape index (κ3) is 6.76. The zero-order valence-corrected chi connectivity index (χ0v) is 14.4. The van der Waals surface area contributed by atoms with Gasteiger partial charge in [0.05, 0.1) is 0 Å². The van der Waals surface area contributed by atoms with Crippen LogP contribution in [-0.4, -0.2) is 38.9 Å². The lowest BCUT2D eigenvalue weighted by molar-refractivity contribution is -0.134. The van der Waals surface area contributed by atoms with Crippen molar-refractivity contribution in [3.63, 3.8) is 0 Å². The van der Waals surface area contributed by atoms with Gasteiger partial charge in [0, 0.05) is 26.1 Å². The van der Waals surface area contributed by atoms with E-state index in [1.165, 1.54) is 0 Å². The van der Waals surface area contributed by atoms with Gasteiger partial charge in [0.15, 0.2) is 0 Å². The minimum absolute atomic E-state index is 0.111. The fourth-order valence-corrected chi connectivity index (χ4v) is 2.86. The first-order valence-corrected chi connectivity index (χ1v) is 9.09. The molecule has 2 atom stereocenters. The second-order valence-electron chi connectivity index (χ2n) is 7.21. The van der Waals surface area contributed by atoms with Gasteiger partial charge in [0.2, 0.25) is 5.91 Å². The van der Waals surface area contributed by atoms with Crippen molar-refractivity contribution in [2.75, 3.05) is 19.6 Å². The molecule has 0 aromatic carbocycles. The Balaban J connectivity index is 2.50. The summed E-state index contributed by atoms with van der Waals surface area (Å²) in [5.74, 6) is 0.622. The highest BCUT2D eigenvalue weighted by molar-refractivity contribution is 7.87. The SMILES string of the molecule is CC(CC(=O)N1CCCC(CNS(N)(=O)=O)C1)C(C)(C)C. The maximum absolute atomic E-state index is 12.4. The molecule has 21 heavy (non-hydrogen) atoms. The molecule has 0 radical (unpaired) electrons. The van der Waals surface area contributed by atoms with Crippen molar-refractivity contribution < 1.29 is 13.2 Å². The standard InChI is InChI=1S/C14H29N3O3S/c1-11(14(2,3)4)8-13(18)17-7-5-6-12(10-17)9-16-21(15,19)20/h11-12,16H,5-10H2,1-4H3,(H2,15,19,20). The van der Waals surface area contributed by atoms with E-state index in [0.717, 1.165) is 19.4 Å². The average molecular weight is 319 g/mol. The van der Waals surface area contributed by atoms with Crippen LogP contribution in [0.3, 0.4) is 0 Å². The lowest BCUT2D eigenvalue weighted by Gasteiger charge is -2.35. The summed E-state index contributed by atoms with van der Waals surface area (Å²) in [6, 6.07) is 0. The molecule has 3 N–H and O–H groups in total. The van der Waals surface area contributed by atoms with Crippen molar-refractivity contribution in [2.24, 2.45) is 22.4 Å². The summed E-state index contributed by atoms with van der Waals surface area (Å²) in [6.07, 6.45) is 2.37. The van der Waals surface area contributed by atoms with Crippen molar-refractivity contribution >= 4 is 16.1 Å². The number of carbonyl (C=O) groups excluding carboxylic acids is 1. The molecule has 0 saturated carbocycles. The summed E-state index contributed by atoms with van der Waals surface area (Å²) in [7, 11) is -3.65. The summed E-state index contributed by atoms with van der Waals surface area (Å²) >= 11 is 0. The van der Waals surface area contributed by atoms with Gasteiger partial charge >= 0.3 is 0 Å². The molecule has 1 aliphatic heterocycles. The first kappa shape index (κ1) is 18.4. The second-order valence-corrected chi connectivity index (χ2v) is 8.59. The average Bonchev–Trinajstić information content (AvgIpc) is 2.34. The number of amides is 1. The van der Waals surface area contributed by atoms with E-state index in [4.69, 9.17) is 5.14 Å². The number of hydrogen-bond donors (Lipinski definition) is 2. The molecule has 6 nitrogen and oxygen atoms in total. The highest BCUT2D eigenvalue weighted by atomic mass is 32.2. The van der Waals surface area contributed by atoms with Gasteiger partial charge in [-0.05, 0) is 30.1 Å². The van der Waals surface area contributed by atoms with E-state index >= 15 is 0 Å². The fraction of sp³-hybridized carbons (Fsp3) is 0.929. The number of carbonyl (C=O) groups is 1. The lowest BCUT2D eigenvalue weighted by Crippen LogP contribution is -2.45. The molecule has 1 aliphatic rings. The van der Waals surface area contributed by atoms with Crippen molar-refractivity contribution in [1.29, 1.82) is 0 Å². The van der Waals surface area contributed by atoms with Gasteiger partial charge in [-0.1, -0.05) is 27.7 Å². The van der Waals surface area contributed by atoms with Crippen LogP contribution in [0.2, 0.25) is 0 Å². The Hall–Kier alpha value is -0.660.